The minimum Gasteiger partial charge on any atom is -0.459 e. The molecule has 1 aliphatic heterocycles. The second kappa shape index (κ2) is 7.00. The molecule has 1 aromatic rings. The summed E-state index contributed by atoms with van der Waals surface area (Å²) in [4.78, 5) is 37.1. The number of nitrogens with zero attached hydrogens (tertiary/aromatic N) is 1. The molecule has 0 aromatic heterocycles. The fourth-order valence-electron chi connectivity index (χ4n) is 2.29. The van der Waals surface area contributed by atoms with Gasteiger partial charge in [0.2, 0.25) is 0 Å². The first-order valence-corrected chi connectivity index (χ1v) is 7.64. The molecule has 1 aliphatic rings. The fourth-order valence-corrected chi connectivity index (χ4v) is 2.29. The summed E-state index contributed by atoms with van der Waals surface area (Å²) in [5.41, 5.74) is -0.0526. The van der Waals surface area contributed by atoms with Crippen molar-refractivity contribution in [3.05, 3.63) is 35.9 Å². The Labute approximate surface area is 140 Å². The lowest BCUT2D eigenvalue weighted by atomic mass is 10.2. The Morgan fingerprint density at radius 3 is 2.46 bits per heavy atom. The normalized spacial score (nSPS) is 20.8. The Balaban J connectivity index is 2.07. The van der Waals surface area contributed by atoms with Gasteiger partial charge in [-0.25, -0.2) is 14.5 Å². The summed E-state index contributed by atoms with van der Waals surface area (Å²) in [7, 11) is 0. The van der Waals surface area contributed by atoms with Crippen LogP contribution in [0, 0.1) is 0 Å². The SMILES string of the molecule is CC(C)(C)OC(=O)N1C(=O)[C@H](O)C[C@H]1C(=O)OCc1ccccc1. The van der Waals surface area contributed by atoms with Gasteiger partial charge in [-0.1, -0.05) is 30.3 Å². The molecule has 1 N–H and O–H groups in total. The molecule has 2 amide bonds. The van der Waals surface area contributed by atoms with Crippen LogP contribution in [0.3, 0.4) is 0 Å². The second-order valence-electron chi connectivity index (χ2n) is 6.55. The molecule has 2 rings (SSSR count). The molecule has 0 aliphatic carbocycles. The minimum atomic E-state index is -1.42. The number of esters is 1. The first kappa shape index (κ1) is 17.9. The number of carbonyl (C=O) groups excluding carboxylic acids is 3. The van der Waals surface area contributed by atoms with Crippen molar-refractivity contribution in [2.24, 2.45) is 0 Å². The molecule has 0 bridgehead atoms. The molecule has 7 nitrogen and oxygen atoms in total. The van der Waals surface area contributed by atoms with Crippen LogP contribution in [0.4, 0.5) is 4.79 Å². The van der Waals surface area contributed by atoms with E-state index in [1.807, 2.05) is 6.07 Å². The van der Waals surface area contributed by atoms with Gasteiger partial charge in [-0.05, 0) is 26.3 Å². The van der Waals surface area contributed by atoms with Crippen LogP contribution in [0.25, 0.3) is 0 Å². The molecule has 1 saturated heterocycles. The van der Waals surface area contributed by atoms with E-state index in [2.05, 4.69) is 0 Å². The third-order valence-corrected chi connectivity index (χ3v) is 3.37. The van der Waals surface area contributed by atoms with Gasteiger partial charge < -0.3 is 14.6 Å². The number of ether oxygens (including phenoxy) is 2. The highest BCUT2D eigenvalue weighted by atomic mass is 16.6. The molecule has 1 fully saturated rings. The maximum Gasteiger partial charge on any atom is 0.417 e. The molecule has 7 heteroatoms. The highest BCUT2D eigenvalue weighted by Gasteiger charge is 2.48. The molecule has 0 radical (unpaired) electrons. The zero-order chi connectivity index (χ0) is 17.9. The molecule has 2 atom stereocenters. The largest absolute Gasteiger partial charge is 0.459 e. The number of hydrogen-bond acceptors (Lipinski definition) is 6. The quantitative estimate of drug-likeness (QED) is 0.844. The predicted molar refractivity (Wildman–Crippen MR) is 83.7 cm³/mol. The third-order valence-electron chi connectivity index (χ3n) is 3.37. The number of likely N-dealkylation sites (tertiary alicyclic amines) is 1. The molecule has 24 heavy (non-hydrogen) atoms. The number of aliphatic hydroxyl groups excluding tert-OH is 1. The summed E-state index contributed by atoms with van der Waals surface area (Å²) in [6.07, 6.45) is -2.59. The Hall–Kier alpha value is -2.41. The van der Waals surface area contributed by atoms with E-state index in [0.717, 1.165) is 5.56 Å². The number of hydrogen-bond donors (Lipinski definition) is 1. The predicted octanol–water partition coefficient (Wildman–Crippen LogP) is 1.63. The van der Waals surface area contributed by atoms with Gasteiger partial charge in [0.15, 0.2) is 0 Å². The molecule has 1 aromatic carbocycles. The van der Waals surface area contributed by atoms with Crippen molar-refractivity contribution in [3.8, 4) is 0 Å². The van der Waals surface area contributed by atoms with E-state index in [1.54, 1.807) is 45.0 Å². The third kappa shape index (κ3) is 4.32. The average molecular weight is 335 g/mol. The van der Waals surface area contributed by atoms with Gasteiger partial charge in [-0.2, -0.15) is 0 Å². The van der Waals surface area contributed by atoms with Gasteiger partial charge in [0.1, 0.15) is 24.4 Å². The molecular weight excluding hydrogens is 314 g/mol. The van der Waals surface area contributed by atoms with Crippen molar-refractivity contribution in [2.75, 3.05) is 0 Å². The maximum atomic E-state index is 12.3. The van der Waals surface area contributed by atoms with Crippen molar-refractivity contribution in [2.45, 2.75) is 51.5 Å². The molecule has 0 spiro atoms. The number of aliphatic hydroxyl groups is 1. The summed E-state index contributed by atoms with van der Waals surface area (Å²) in [5, 5.41) is 9.71. The van der Waals surface area contributed by atoms with Crippen LogP contribution in [0.15, 0.2) is 30.3 Å². The smallest absolute Gasteiger partial charge is 0.417 e. The Morgan fingerprint density at radius 2 is 1.88 bits per heavy atom. The maximum absolute atomic E-state index is 12.3. The van der Waals surface area contributed by atoms with Gasteiger partial charge in [0, 0.05) is 6.42 Å². The van der Waals surface area contributed by atoms with Crippen molar-refractivity contribution in [3.63, 3.8) is 0 Å². The molecule has 130 valence electrons. The summed E-state index contributed by atoms with van der Waals surface area (Å²) in [5.74, 6) is -1.61. The van der Waals surface area contributed by atoms with Crippen LogP contribution >= 0.6 is 0 Å². The van der Waals surface area contributed by atoms with Crippen molar-refractivity contribution in [1.82, 2.24) is 4.90 Å². The van der Waals surface area contributed by atoms with Gasteiger partial charge in [0.25, 0.3) is 5.91 Å². The number of amides is 2. The first-order chi connectivity index (χ1) is 11.2. The first-order valence-electron chi connectivity index (χ1n) is 7.64. The average Bonchev–Trinajstić information content (AvgIpc) is 2.80. The zero-order valence-corrected chi connectivity index (χ0v) is 13.9. The second-order valence-corrected chi connectivity index (χ2v) is 6.55. The molecular formula is C17H21NO6. The van der Waals surface area contributed by atoms with Crippen molar-refractivity contribution >= 4 is 18.0 Å². The summed E-state index contributed by atoms with van der Waals surface area (Å²) in [6, 6.07) is 7.83. The standard InChI is InChI=1S/C17H21NO6/c1-17(2,3)24-16(22)18-12(9-13(19)14(18)20)15(21)23-10-11-7-5-4-6-8-11/h4-8,12-13,19H,9-10H2,1-3H3/t12-,13+/m0/s1. The van der Waals surface area contributed by atoms with E-state index < -0.39 is 35.7 Å². The zero-order valence-electron chi connectivity index (χ0n) is 13.9. The summed E-state index contributed by atoms with van der Waals surface area (Å²) >= 11 is 0. The van der Waals surface area contributed by atoms with Crippen LogP contribution < -0.4 is 0 Å². The number of rotatable bonds is 3. The van der Waals surface area contributed by atoms with Crippen LogP contribution in [0.2, 0.25) is 0 Å². The van der Waals surface area contributed by atoms with E-state index >= 15 is 0 Å². The fraction of sp³-hybridized carbons (Fsp3) is 0.471. The highest BCUT2D eigenvalue weighted by Crippen LogP contribution is 2.24. The Bertz CT molecular complexity index is 622. The van der Waals surface area contributed by atoms with Crippen LogP contribution in [0.1, 0.15) is 32.8 Å². The van der Waals surface area contributed by atoms with Crippen molar-refractivity contribution in [1.29, 1.82) is 0 Å². The van der Waals surface area contributed by atoms with E-state index in [9.17, 15) is 19.5 Å². The van der Waals surface area contributed by atoms with Crippen LogP contribution in [-0.2, 0) is 25.7 Å². The molecule has 0 saturated carbocycles. The number of benzene rings is 1. The van der Waals surface area contributed by atoms with Crippen molar-refractivity contribution < 1.29 is 29.0 Å². The highest BCUT2D eigenvalue weighted by molar-refractivity contribution is 6.01. The van der Waals surface area contributed by atoms with Gasteiger partial charge in [-0.15, -0.1) is 0 Å². The van der Waals surface area contributed by atoms with Gasteiger partial charge >= 0.3 is 12.1 Å². The van der Waals surface area contributed by atoms with E-state index in [-0.39, 0.29) is 13.0 Å². The Morgan fingerprint density at radius 1 is 1.25 bits per heavy atom. The van der Waals surface area contributed by atoms with Gasteiger partial charge in [0.05, 0.1) is 0 Å². The van der Waals surface area contributed by atoms with E-state index in [0.29, 0.717) is 4.90 Å². The van der Waals surface area contributed by atoms with Crippen LogP contribution in [-0.4, -0.2) is 45.7 Å². The van der Waals surface area contributed by atoms with Crippen LogP contribution in [0.5, 0.6) is 0 Å². The number of carbonyl (C=O) groups is 3. The minimum absolute atomic E-state index is 0.0165. The Kier molecular flexibility index (Phi) is 5.23. The van der Waals surface area contributed by atoms with Gasteiger partial charge in [-0.3, -0.25) is 4.79 Å². The topological polar surface area (TPSA) is 93.1 Å². The molecule has 0 unspecified atom stereocenters. The summed E-state index contributed by atoms with van der Waals surface area (Å²) in [6.45, 7) is 4.95. The summed E-state index contributed by atoms with van der Waals surface area (Å²) < 4.78 is 10.3. The van der Waals surface area contributed by atoms with E-state index in [1.165, 1.54) is 0 Å². The lowest BCUT2D eigenvalue weighted by molar-refractivity contribution is -0.152. The lowest BCUT2D eigenvalue weighted by Crippen LogP contribution is -2.46. The lowest BCUT2D eigenvalue weighted by Gasteiger charge is -2.26. The monoisotopic (exact) mass is 335 g/mol. The molecule has 1 heterocycles. The van der Waals surface area contributed by atoms with E-state index in [4.69, 9.17) is 9.47 Å². The number of imide groups is 1.